The minimum Gasteiger partial charge on any atom is -0.329 e. The Labute approximate surface area is 162 Å². The quantitative estimate of drug-likeness (QED) is 0.730. The Morgan fingerprint density at radius 1 is 1.22 bits per heavy atom. The lowest BCUT2D eigenvalue weighted by atomic mass is 10.0. The van der Waals surface area contributed by atoms with Gasteiger partial charge < -0.3 is 10.2 Å². The summed E-state index contributed by atoms with van der Waals surface area (Å²) in [5.41, 5.74) is 2.48. The van der Waals surface area contributed by atoms with Gasteiger partial charge in [-0.05, 0) is 36.8 Å². The summed E-state index contributed by atoms with van der Waals surface area (Å²) in [6, 6.07) is 15.1. The number of amides is 1. The molecule has 0 spiro atoms. The van der Waals surface area contributed by atoms with Crippen molar-refractivity contribution in [2.24, 2.45) is 0 Å². The highest BCUT2D eigenvalue weighted by molar-refractivity contribution is 6.30. The van der Waals surface area contributed by atoms with Crippen molar-refractivity contribution in [2.45, 2.75) is 13.0 Å². The Balaban J connectivity index is 1.64. The molecule has 1 amide bonds. The van der Waals surface area contributed by atoms with Gasteiger partial charge in [0, 0.05) is 35.8 Å². The van der Waals surface area contributed by atoms with Crippen molar-refractivity contribution in [3.05, 3.63) is 70.5 Å². The predicted octanol–water partition coefficient (Wildman–Crippen LogP) is 3.22. The zero-order valence-corrected chi connectivity index (χ0v) is 15.7. The second-order valence-corrected chi connectivity index (χ2v) is 7.04. The number of nitrogens with zero attached hydrogens (tertiary/aromatic N) is 3. The second kappa shape index (κ2) is 7.50. The maximum absolute atomic E-state index is 13.3. The molecule has 1 saturated heterocycles. The van der Waals surface area contributed by atoms with Gasteiger partial charge in [-0.2, -0.15) is 5.10 Å². The summed E-state index contributed by atoms with van der Waals surface area (Å²) in [6.07, 6.45) is 0. The number of aromatic nitrogens is 3. The van der Waals surface area contributed by atoms with Crippen LogP contribution in [0.25, 0.3) is 11.4 Å². The Morgan fingerprint density at radius 2 is 2.07 bits per heavy atom. The van der Waals surface area contributed by atoms with Crippen LogP contribution in [-0.2, 0) is 0 Å². The van der Waals surface area contributed by atoms with Crippen molar-refractivity contribution < 1.29 is 4.79 Å². The van der Waals surface area contributed by atoms with Crippen LogP contribution in [0, 0.1) is 6.92 Å². The largest absolute Gasteiger partial charge is 0.329 e. The summed E-state index contributed by atoms with van der Waals surface area (Å²) < 4.78 is 0. The zero-order chi connectivity index (χ0) is 18.8. The van der Waals surface area contributed by atoms with Gasteiger partial charge in [-0.25, -0.2) is 4.98 Å². The van der Waals surface area contributed by atoms with Crippen molar-refractivity contribution in [1.29, 1.82) is 0 Å². The molecule has 2 N–H and O–H groups in total. The second-order valence-electron chi connectivity index (χ2n) is 6.60. The minimum atomic E-state index is -0.0561. The molecule has 4 rings (SSSR count). The Morgan fingerprint density at radius 3 is 2.85 bits per heavy atom. The van der Waals surface area contributed by atoms with Gasteiger partial charge in [-0.1, -0.05) is 35.9 Å². The van der Waals surface area contributed by atoms with Crippen molar-refractivity contribution in [1.82, 2.24) is 25.4 Å². The highest BCUT2D eigenvalue weighted by Gasteiger charge is 2.29. The van der Waals surface area contributed by atoms with Crippen LogP contribution < -0.4 is 5.32 Å². The molecule has 0 aliphatic carbocycles. The van der Waals surface area contributed by atoms with E-state index in [0.29, 0.717) is 29.5 Å². The molecule has 1 fully saturated rings. The number of benzene rings is 2. The average molecular weight is 382 g/mol. The van der Waals surface area contributed by atoms with Crippen LogP contribution in [-0.4, -0.2) is 45.6 Å². The fourth-order valence-electron chi connectivity index (χ4n) is 3.39. The van der Waals surface area contributed by atoms with Crippen LogP contribution in [0.1, 0.15) is 27.8 Å². The molecule has 1 aromatic heterocycles. The van der Waals surface area contributed by atoms with E-state index in [1.165, 1.54) is 0 Å². The van der Waals surface area contributed by atoms with E-state index in [4.69, 9.17) is 11.6 Å². The van der Waals surface area contributed by atoms with Crippen LogP contribution >= 0.6 is 11.6 Å². The van der Waals surface area contributed by atoms with Gasteiger partial charge in [-0.15, -0.1) is 0 Å². The first-order valence-corrected chi connectivity index (χ1v) is 9.26. The Hall–Kier alpha value is -2.70. The van der Waals surface area contributed by atoms with Gasteiger partial charge in [0.05, 0.1) is 6.04 Å². The summed E-state index contributed by atoms with van der Waals surface area (Å²) in [6.45, 7) is 3.95. The minimum absolute atomic E-state index is 0.00409. The lowest BCUT2D eigenvalue weighted by Crippen LogP contribution is -2.48. The first-order valence-electron chi connectivity index (χ1n) is 8.88. The summed E-state index contributed by atoms with van der Waals surface area (Å²) in [5, 5.41) is 11.1. The molecule has 2 heterocycles. The molecule has 7 heteroatoms. The molecule has 0 saturated carbocycles. The SMILES string of the molecule is Cc1nc(-c2cccc(C(=O)N3CCNCC3c3cccc(Cl)c3)c2)n[nH]1. The van der Waals surface area contributed by atoms with Crippen LogP contribution in [0.15, 0.2) is 48.5 Å². The number of halogens is 1. The summed E-state index contributed by atoms with van der Waals surface area (Å²) in [7, 11) is 0. The predicted molar refractivity (Wildman–Crippen MR) is 105 cm³/mol. The normalized spacial score (nSPS) is 17.1. The highest BCUT2D eigenvalue weighted by atomic mass is 35.5. The van der Waals surface area contributed by atoms with Crippen molar-refractivity contribution in [2.75, 3.05) is 19.6 Å². The van der Waals surface area contributed by atoms with Gasteiger partial charge in [0.1, 0.15) is 5.82 Å². The maximum Gasteiger partial charge on any atom is 0.254 e. The van der Waals surface area contributed by atoms with E-state index in [-0.39, 0.29) is 11.9 Å². The number of piperazine rings is 1. The molecule has 1 aliphatic heterocycles. The summed E-state index contributed by atoms with van der Waals surface area (Å²) >= 11 is 6.16. The third-order valence-corrected chi connectivity index (χ3v) is 4.94. The first-order chi connectivity index (χ1) is 13.1. The number of hydrogen-bond donors (Lipinski definition) is 2. The fraction of sp³-hybridized carbons (Fsp3) is 0.250. The molecule has 1 aliphatic rings. The number of carbonyl (C=O) groups excluding carboxylic acids is 1. The van der Waals surface area contributed by atoms with Crippen molar-refractivity contribution in [3.63, 3.8) is 0 Å². The van der Waals surface area contributed by atoms with Crippen molar-refractivity contribution in [3.8, 4) is 11.4 Å². The number of H-pyrrole nitrogens is 1. The van der Waals surface area contributed by atoms with Crippen LogP contribution in [0.2, 0.25) is 5.02 Å². The number of nitrogens with one attached hydrogen (secondary N) is 2. The van der Waals surface area contributed by atoms with E-state index in [9.17, 15) is 4.79 Å². The number of aryl methyl sites for hydroxylation is 1. The van der Waals surface area contributed by atoms with Gasteiger partial charge in [0.2, 0.25) is 0 Å². The van der Waals surface area contributed by atoms with E-state index in [1.807, 2.05) is 60.4 Å². The molecule has 6 nitrogen and oxygen atoms in total. The molecular weight excluding hydrogens is 362 g/mol. The molecule has 0 radical (unpaired) electrons. The van der Waals surface area contributed by atoms with Crippen LogP contribution in [0.4, 0.5) is 0 Å². The van der Waals surface area contributed by atoms with E-state index < -0.39 is 0 Å². The smallest absolute Gasteiger partial charge is 0.254 e. The van der Waals surface area contributed by atoms with E-state index in [1.54, 1.807) is 0 Å². The maximum atomic E-state index is 13.3. The molecule has 1 unspecified atom stereocenters. The van der Waals surface area contributed by atoms with Crippen LogP contribution in [0.5, 0.6) is 0 Å². The van der Waals surface area contributed by atoms with Gasteiger partial charge in [0.25, 0.3) is 5.91 Å². The summed E-state index contributed by atoms with van der Waals surface area (Å²) in [4.78, 5) is 19.5. The fourth-order valence-corrected chi connectivity index (χ4v) is 3.59. The molecule has 0 bridgehead atoms. The first kappa shape index (κ1) is 17.7. The Bertz CT molecular complexity index is 970. The standard InChI is InChI=1S/C20H20ClN5O/c1-13-23-19(25-24-13)15-5-2-6-16(10-15)20(27)26-9-8-22-12-18(26)14-4-3-7-17(21)11-14/h2-7,10-11,18,22H,8-9,12H2,1H3,(H,23,24,25). The van der Waals surface area contributed by atoms with Gasteiger partial charge in [0.15, 0.2) is 5.82 Å². The molecule has 138 valence electrons. The number of rotatable bonds is 3. The molecule has 3 aromatic rings. The lowest BCUT2D eigenvalue weighted by molar-refractivity contribution is 0.0634. The van der Waals surface area contributed by atoms with Gasteiger partial charge >= 0.3 is 0 Å². The third-order valence-electron chi connectivity index (χ3n) is 4.70. The zero-order valence-electron chi connectivity index (χ0n) is 14.9. The number of hydrogen-bond acceptors (Lipinski definition) is 4. The molecule has 1 atom stereocenters. The molecule has 27 heavy (non-hydrogen) atoms. The summed E-state index contributed by atoms with van der Waals surface area (Å²) in [5.74, 6) is 1.33. The third kappa shape index (κ3) is 3.72. The topological polar surface area (TPSA) is 73.9 Å². The van der Waals surface area contributed by atoms with E-state index in [0.717, 1.165) is 23.5 Å². The molecular formula is C20H20ClN5O. The average Bonchev–Trinajstić information content (AvgIpc) is 3.14. The van der Waals surface area contributed by atoms with Gasteiger partial charge in [-0.3, -0.25) is 9.89 Å². The van der Waals surface area contributed by atoms with Crippen molar-refractivity contribution >= 4 is 17.5 Å². The molecule has 2 aromatic carbocycles. The highest BCUT2D eigenvalue weighted by Crippen LogP contribution is 2.27. The number of aromatic amines is 1. The monoisotopic (exact) mass is 381 g/mol. The van der Waals surface area contributed by atoms with Crippen LogP contribution in [0.3, 0.4) is 0 Å². The Kier molecular flexibility index (Phi) is 4.92. The lowest BCUT2D eigenvalue weighted by Gasteiger charge is -2.36. The van der Waals surface area contributed by atoms with E-state index in [2.05, 4.69) is 20.5 Å². The number of carbonyl (C=O) groups is 1. The van der Waals surface area contributed by atoms with E-state index >= 15 is 0 Å².